The number of amides is 4. The Hall–Kier alpha value is -4.14. The van der Waals surface area contributed by atoms with E-state index in [0.29, 0.717) is 11.8 Å². The molecule has 1 atom stereocenters. The van der Waals surface area contributed by atoms with Crippen LogP contribution in [0.25, 0.3) is 0 Å². The van der Waals surface area contributed by atoms with Crippen LogP contribution in [-0.2, 0) is 26.3 Å². The van der Waals surface area contributed by atoms with E-state index in [1.165, 1.54) is 24.1 Å². The molecule has 2 aromatic rings. The van der Waals surface area contributed by atoms with E-state index in [2.05, 4.69) is 31.4 Å². The highest BCUT2D eigenvalue weighted by Gasteiger charge is 2.33. The molecule has 36 heavy (non-hydrogen) atoms. The average Bonchev–Trinajstić information content (AvgIpc) is 2.85. The second-order valence-corrected chi connectivity index (χ2v) is 9.76. The van der Waals surface area contributed by atoms with Gasteiger partial charge >= 0.3 is 0 Å². The summed E-state index contributed by atoms with van der Waals surface area (Å²) in [5, 5.41) is 4.74. The van der Waals surface area contributed by atoms with E-state index in [-0.39, 0.29) is 41.5 Å². The Morgan fingerprint density at radius 3 is 2.33 bits per heavy atom. The molecule has 9 heteroatoms. The summed E-state index contributed by atoms with van der Waals surface area (Å²) in [6, 6.07) is 10.5. The lowest BCUT2D eigenvalue weighted by atomic mass is 9.86. The molecular formula is C27H29N3O6. The number of likely N-dealkylation sites (N-methyl/N-ethyl adjacent to an activating group) is 1. The maximum Gasteiger partial charge on any atom is 0.292 e. The second-order valence-electron chi connectivity index (χ2n) is 9.76. The molecular weight excluding hydrogens is 462 g/mol. The third-order valence-electron chi connectivity index (χ3n) is 6.14. The number of nitrogens with zero attached hydrogens (tertiary/aromatic N) is 1. The Bertz CT molecular complexity index is 1230. The monoisotopic (exact) mass is 491 g/mol. The SMILES string of the molecule is CN(C(=O)c1ccc(CNC(=O)C(=O)c2ccc(C(C)(C)C)cc2)cc1C=O)C1CCC(=O)NC1=O. The Morgan fingerprint density at radius 1 is 1.08 bits per heavy atom. The van der Waals surface area contributed by atoms with E-state index >= 15 is 0 Å². The van der Waals surface area contributed by atoms with Gasteiger partial charge in [0.25, 0.3) is 11.8 Å². The van der Waals surface area contributed by atoms with Crippen molar-refractivity contribution in [1.82, 2.24) is 15.5 Å². The predicted octanol–water partition coefficient (Wildman–Crippen LogP) is 2.17. The molecule has 2 N–H and O–H groups in total. The number of carbonyl (C=O) groups is 6. The fourth-order valence-corrected chi connectivity index (χ4v) is 3.91. The summed E-state index contributed by atoms with van der Waals surface area (Å²) in [7, 11) is 1.44. The lowest BCUT2D eigenvalue weighted by Crippen LogP contribution is -2.53. The molecule has 2 aromatic carbocycles. The molecule has 0 aromatic heterocycles. The van der Waals surface area contributed by atoms with Crippen molar-refractivity contribution in [2.75, 3.05) is 7.05 Å². The van der Waals surface area contributed by atoms with Gasteiger partial charge in [0.1, 0.15) is 6.04 Å². The first-order valence-corrected chi connectivity index (χ1v) is 11.5. The summed E-state index contributed by atoms with van der Waals surface area (Å²) in [6.45, 7) is 6.13. The molecule has 0 spiro atoms. The van der Waals surface area contributed by atoms with E-state index in [0.717, 1.165) is 5.56 Å². The Labute approximate surface area is 209 Å². The van der Waals surface area contributed by atoms with E-state index in [1.807, 2.05) is 12.1 Å². The highest BCUT2D eigenvalue weighted by Crippen LogP contribution is 2.22. The van der Waals surface area contributed by atoms with Crippen LogP contribution in [-0.4, -0.2) is 53.7 Å². The summed E-state index contributed by atoms with van der Waals surface area (Å²) < 4.78 is 0. The zero-order valence-corrected chi connectivity index (χ0v) is 20.7. The van der Waals surface area contributed by atoms with E-state index < -0.39 is 35.5 Å². The van der Waals surface area contributed by atoms with Crippen molar-refractivity contribution >= 4 is 35.7 Å². The second kappa shape index (κ2) is 10.6. The number of hydrogen-bond acceptors (Lipinski definition) is 6. The van der Waals surface area contributed by atoms with Gasteiger partial charge in [-0.1, -0.05) is 51.1 Å². The van der Waals surface area contributed by atoms with Gasteiger partial charge in [-0.2, -0.15) is 0 Å². The molecule has 4 amide bonds. The number of rotatable bonds is 7. The summed E-state index contributed by atoms with van der Waals surface area (Å²) >= 11 is 0. The van der Waals surface area contributed by atoms with Gasteiger partial charge in [-0.25, -0.2) is 0 Å². The molecule has 0 aliphatic carbocycles. The number of imide groups is 1. The van der Waals surface area contributed by atoms with Gasteiger partial charge in [0.05, 0.1) is 5.56 Å². The van der Waals surface area contributed by atoms with Crippen molar-refractivity contribution in [2.24, 2.45) is 0 Å². The fourth-order valence-electron chi connectivity index (χ4n) is 3.91. The molecule has 3 rings (SSSR count). The van der Waals surface area contributed by atoms with Crippen LogP contribution in [0.5, 0.6) is 0 Å². The highest BCUT2D eigenvalue weighted by molar-refractivity contribution is 6.42. The van der Waals surface area contributed by atoms with Crippen LogP contribution in [0.15, 0.2) is 42.5 Å². The zero-order valence-electron chi connectivity index (χ0n) is 20.7. The minimum Gasteiger partial charge on any atom is -0.345 e. The molecule has 188 valence electrons. The molecule has 1 aliphatic rings. The number of piperidine rings is 1. The predicted molar refractivity (Wildman–Crippen MR) is 131 cm³/mol. The molecule has 9 nitrogen and oxygen atoms in total. The number of benzene rings is 2. The summed E-state index contributed by atoms with van der Waals surface area (Å²) in [4.78, 5) is 74.2. The first-order chi connectivity index (χ1) is 16.9. The smallest absolute Gasteiger partial charge is 0.292 e. The van der Waals surface area contributed by atoms with Gasteiger partial charge in [0.2, 0.25) is 17.6 Å². The van der Waals surface area contributed by atoms with E-state index in [9.17, 15) is 28.8 Å². The van der Waals surface area contributed by atoms with Gasteiger partial charge in [-0.05, 0) is 35.1 Å². The van der Waals surface area contributed by atoms with E-state index in [1.54, 1.807) is 18.2 Å². The molecule has 0 saturated carbocycles. The van der Waals surface area contributed by atoms with Crippen molar-refractivity contribution in [2.45, 2.75) is 51.6 Å². The van der Waals surface area contributed by atoms with Crippen LogP contribution >= 0.6 is 0 Å². The maximum absolute atomic E-state index is 12.9. The van der Waals surface area contributed by atoms with Crippen LogP contribution < -0.4 is 10.6 Å². The summed E-state index contributed by atoms with van der Waals surface area (Å²) in [5.74, 6) is -2.96. The maximum atomic E-state index is 12.9. The number of nitrogens with one attached hydrogen (secondary N) is 2. The van der Waals surface area contributed by atoms with E-state index in [4.69, 9.17) is 0 Å². The standard InChI is InChI=1S/C27H29N3O6/c1-27(2,3)19-8-6-17(7-9-19)23(33)25(35)28-14-16-5-10-20(18(13-16)15-31)26(36)30(4)21-11-12-22(32)29-24(21)34/h5-10,13,15,21H,11-12,14H2,1-4H3,(H,28,35)(H,29,32,34). The van der Waals surface area contributed by atoms with Gasteiger partial charge in [0.15, 0.2) is 6.29 Å². The molecule has 1 fully saturated rings. The van der Waals surface area contributed by atoms with Crippen molar-refractivity contribution < 1.29 is 28.8 Å². The van der Waals surface area contributed by atoms with Crippen molar-refractivity contribution in [3.63, 3.8) is 0 Å². The fraction of sp³-hybridized carbons (Fsp3) is 0.333. The van der Waals surface area contributed by atoms with Crippen LogP contribution in [0.4, 0.5) is 0 Å². The number of ketones is 1. The Kier molecular flexibility index (Phi) is 7.82. The first-order valence-electron chi connectivity index (χ1n) is 11.5. The zero-order chi connectivity index (χ0) is 26.6. The molecule has 1 unspecified atom stereocenters. The largest absolute Gasteiger partial charge is 0.345 e. The third kappa shape index (κ3) is 5.91. The normalized spacial score (nSPS) is 15.6. The quantitative estimate of drug-likeness (QED) is 0.264. The van der Waals surface area contributed by atoms with Gasteiger partial charge in [0, 0.05) is 31.1 Å². The van der Waals surface area contributed by atoms with Crippen molar-refractivity contribution in [3.8, 4) is 0 Å². The topological polar surface area (TPSA) is 130 Å². The van der Waals surface area contributed by atoms with Crippen LogP contribution in [0, 0.1) is 0 Å². The summed E-state index contributed by atoms with van der Waals surface area (Å²) in [6.07, 6.45) is 0.825. The average molecular weight is 492 g/mol. The number of carbonyl (C=O) groups excluding carboxylic acids is 6. The minimum atomic E-state index is -0.822. The molecule has 1 heterocycles. The number of aldehydes is 1. The molecule has 1 aliphatic heterocycles. The number of hydrogen-bond donors (Lipinski definition) is 2. The minimum absolute atomic E-state index is 0.0249. The Morgan fingerprint density at radius 2 is 1.75 bits per heavy atom. The lowest BCUT2D eigenvalue weighted by molar-refractivity contribution is -0.136. The van der Waals surface area contributed by atoms with Crippen molar-refractivity contribution in [1.29, 1.82) is 0 Å². The van der Waals surface area contributed by atoms with Gasteiger partial charge in [-0.3, -0.25) is 34.1 Å². The van der Waals surface area contributed by atoms with Crippen LogP contribution in [0.1, 0.15) is 75.8 Å². The first kappa shape index (κ1) is 26.5. The van der Waals surface area contributed by atoms with Crippen LogP contribution in [0.3, 0.4) is 0 Å². The van der Waals surface area contributed by atoms with Gasteiger partial charge < -0.3 is 10.2 Å². The third-order valence-corrected chi connectivity index (χ3v) is 6.14. The lowest BCUT2D eigenvalue weighted by Gasteiger charge is -2.30. The van der Waals surface area contributed by atoms with Crippen LogP contribution in [0.2, 0.25) is 0 Å². The van der Waals surface area contributed by atoms with Gasteiger partial charge in [-0.15, -0.1) is 0 Å². The molecule has 1 saturated heterocycles. The summed E-state index contributed by atoms with van der Waals surface area (Å²) in [5.41, 5.74) is 1.91. The molecule has 0 bridgehead atoms. The highest BCUT2D eigenvalue weighted by atomic mass is 16.2. The van der Waals surface area contributed by atoms with Crippen molar-refractivity contribution in [3.05, 3.63) is 70.3 Å². The number of Topliss-reactive ketones (excluding diaryl/α,β-unsaturated/α-hetero) is 1. The molecule has 0 radical (unpaired) electrons. The Balaban J connectivity index is 1.66.